The summed E-state index contributed by atoms with van der Waals surface area (Å²) in [5, 5.41) is 14.7. The van der Waals surface area contributed by atoms with Crippen LogP contribution in [0.5, 0.6) is 5.88 Å². The van der Waals surface area contributed by atoms with Crippen molar-refractivity contribution in [2.45, 2.75) is 18.3 Å². The second-order valence-electron chi connectivity index (χ2n) is 4.88. The predicted octanol–water partition coefficient (Wildman–Crippen LogP) is 4.22. The molecule has 1 atom stereocenters. The standard InChI is InChI=1S/C16H14N4OS2/c1-2-22-16-18-15-13(19-20-16)10-6-3-4-7-11(10)17-14(21-15)12-8-5-9-23-12/h3-9,14,17H,2H2,1H3/t14-/m1/s1. The number of thiophene rings is 1. The van der Waals surface area contributed by atoms with E-state index >= 15 is 0 Å². The van der Waals surface area contributed by atoms with E-state index in [1.165, 1.54) is 0 Å². The first-order valence-corrected chi connectivity index (χ1v) is 9.15. The monoisotopic (exact) mass is 342 g/mol. The third-order valence-electron chi connectivity index (χ3n) is 3.41. The zero-order valence-electron chi connectivity index (χ0n) is 12.4. The van der Waals surface area contributed by atoms with Gasteiger partial charge in [-0.2, -0.15) is 4.98 Å². The average molecular weight is 342 g/mol. The van der Waals surface area contributed by atoms with E-state index in [2.05, 4.69) is 27.4 Å². The summed E-state index contributed by atoms with van der Waals surface area (Å²) in [5.74, 6) is 1.41. The first-order chi connectivity index (χ1) is 11.3. The number of fused-ring (bicyclic) bond motifs is 3. The highest BCUT2D eigenvalue weighted by atomic mass is 32.2. The Morgan fingerprint density at radius 1 is 1.22 bits per heavy atom. The molecule has 0 unspecified atom stereocenters. The highest BCUT2D eigenvalue weighted by Crippen LogP contribution is 2.40. The summed E-state index contributed by atoms with van der Waals surface area (Å²) in [6.45, 7) is 2.06. The third kappa shape index (κ3) is 2.77. The van der Waals surface area contributed by atoms with Crippen LogP contribution in [0.25, 0.3) is 11.3 Å². The molecule has 7 heteroatoms. The first-order valence-electron chi connectivity index (χ1n) is 7.28. The summed E-state index contributed by atoms with van der Waals surface area (Å²) in [4.78, 5) is 5.65. The summed E-state index contributed by atoms with van der Waals surface area (Å²) < 4.78 is 6.14. The Morgan fingerprint density at radius 2 is 2.13 bits per heavy atom. The molecular weight excluding hydrogens is 328 g/mol. The Labute approximate surface area is 142 Å². The van der Waals surface area contributed by atoms with Crippen LogP contribution in [0, 0.1) is 0 Å². The lowest BCUT2D eigenvalue weighted by Gasteiger charge is -2.17. The molecule has 1 aromatic carbocycles. The minimum atomic E-state index is -0.284. The molecule has 2 aromatic heterocycles. The summed E-state index contributed by atoms with van der Waals surface area (Å²) >= 11 is 3.20. The molecule has 1 aliphatic rings. The van der Waals surface area contributed by atoms with Gasteiger partial charge in [0.15, 0.2) is 5.69 Å². The van der Waals surface area contributed by atoms with Crippen molar-refractivity contribution in [1.82, 2.24) is 15.2 Å². The van der Waals surface area contributed by atoms with Crippen LogP contribution in [0.1, 0.15) is 18.0 Å². The van der Waals surface area contributed by atoms with Gasteiger partial charge in [-0.1, -0.05) is 43.0 Å². The molecule has 4 rings (SSSR count). The predicted molar refractivity (Wildman–Crippen MR) is 93.0 cm³/mol. The van der Waals surface area contributed by atoms with E-state index in [9.17, 15) is 0 Å². The van der Waals surface area contributed by atoms with Crippen molar-refractivity contribution < 1.29 is 4.74 Å². The van der Waals surface area contributed by atoms with Crippen molar-refractivity contribution in [2.24, 2.45) is 0 Å². The molecule has 0 amide bonds. The van der Waals surface area contributed by atoms with Crippen molar-refractivity contribution in [3.63, 3.8) is 0 Å². The van der Waals surface area contributed by atoms with Gasteiger partial charge in [0.1, 0.15) is 0 Å². The number of benzene rings is 1. The highest BCUT2D eigenvalue weighted by molar-refractivity contribution is 7.99. The van der Waals surface area contributed by atoms with Gasteiger partial charge in [-0.05, 0) is 23.3 Å². The van der Waals surface area contributed by atoms with Crippen LogP contribution in [0.4, 0.5) is 5.69 Å². The molecule has 3 heterocycles. The van der Waals surface area contributed by atoms with Crippen LogP contribution in [0.3, 0.4) is 0 Å². The molecule has 1 N–H and O–H groups in total. The van der Waals surface area contributed by atoms with Crippen molar-refractivity contribution in [3.8, 4) is 17.1 Å². The van der Waals surface area contributed by atoms with E-state index in [1.807, 2.05) is 41.8 Å². The molecule has 0 fully saturated rings. The van der Waals surface area contributed by atoms with E-state index in [1.54, 1.807) is 23.1 Å². The zero-order valence-corrected chi connectivity index (χ0v) is 14.0. The van der Waals surface area contributed by atoms with Gasteiger partial charge in [-0.3, -0.25) is 0 Å². The smallest absolute Gasteiger partial charge is 0.247 e. The molecule has 5 nitrogen and oxygen atoms in total. The van der Waals surface area contributed by atoms with Crippen LogP contribution in [-0.2, 0) is 0 Å². The van der Waals surface area contributed by atoms with E-state index < -0.39 is 0 Å². The fourth-order valence-corrected chi connectivity index (χ4v) is 3.61. The van der Waals surface area contributed by atoms with Gasteiger partial charge in [0.25, 0.3) is 0 Å². The number of nitrogens with one attached hydrogen (secondary N) is 1. The Kier molecular flexibility index (Phi) is 3.88. The SMILES string of the molecule is CCSc1nnc2c(n1)O[C@H](c1cccs1)Nc1ccccc1-2. The van der Waals surface area contributed by atoms with Crippen LogP contribution < -0.4 is 10.1 Å². The molecule has 23 heavy (non-hydrogen) atoms. The van der Waals surface area contributed by atoms with E-state index in [-0.39, 0.29) is 6.23 Å². The molecule has 0 saturated heterocycles. The second kappa shape index (κ2) is 6.17. The Balaban J connectivity index is 1.84. The number of thioether (sulfide) groups is 1. The summed E-state index contributed by atoms with van der Waals surface area (Å²) in [5.41, 5.74) is 2.60. The fraction of sp³-hybridized carbons (Fsp3) is 0.188. The maximum atomic E-state index is 6.14. The lowest BCUT2D eigenvalue weighted by Crippen LogP contribution is -2.15. The summed E-state index contributed by atoms with van der Waals surface area (Å²) in [6.07, 6.45) is -0.284. The van der Waals surface area contributed by atoms with E-state index in [0.29, 0.717) is 16.7 Å². The number of para-hydroxylation sites is 1. The molecule has 0 radical (unpaired) electrons. The van der Waals surface area contributed by atoms with Crippen molar-refractivity contribution in [1.29, 1.82) is 0 Å². The molecule has 0 bridgehead atoms. The summed E-state index contributed by atoms with van der Waals surface area (Å²) in [7, 11) is 0. The zero-order chi connectivity index (χ0) is 15.6. The maximum Gasteiger partial charge on any atom is 0.247 e. The molecule has 0 spiro atoms. The van der Waals surface area contributed by atoms with E-state index in [0.717, 1.165) is 21.9 Å². The van der Waals surface area contributed by atoms with Gasteiger partial charge in [0.2, 0.25) is 17.3 Å². The number of ether oxygens (including phenoxy) is 1. The Bertz CT molecular complexity index is 823. The molecule has 3 aromatic rings. The molecule has 0 aliphatic carbocycles. The number of hydrogen-bond donors (Lipinski definition) is 1. The minimum absolute atomic E-state index is 0.284. The quantitative estimate of drug-likeness (QED) is 0.719. The van der Waals surface area contributed by atoms with Crippen molar-refractivity contribution >= 4 is 28.8 Å². The number of anilines is 1. The van der Waals surface area contributed by atoms with Crippen molar-refractivity contribution in [2.75, 3.05) is 11.1 Å². The molecule has 0 saturated carbocycles. The normalized spacial score (nSPS) is 15.8. The van der Waals surface area contributed by atoms with Crippen LogP contribution in [-0.4, -0.2) is 20.9 Å². The number of nitrogens with zero attached hydrogens (tertiary/aromatic N) is 3. The molecule has 1 aliphatic heterocycles. The Hall–Kier alpha value is -2.12. The second-order valence-corrected chi connectivity index (χ2v) is 7.09. The van der Waals surface area contributed by atoms with Crippen LogP contribution in [0.2, 0.25) is 0 Å². The van der Waals surface area contributed by atoms with Gasteiger partial charge in [0, 0.05) is 11.3 Å². The number of rotatable bonds is 3. The Morgan fingerprint density at radius 3 is 2.96 bits per heavy atom. The first kappa shape index (κ1) is 14.5. The van der Waals surface area contributed by atoms with Crippen LogP contribution >= 0.6 is 23.1 Å². The fourth-order valence-electron chi connectivity index (χ4n) is 2.41. The van der Waals surface area contributed by atoms with Gasteiger partial charge in [-0.25, -0.2) is 0 Å². The lowest BCUT2D eigenvalue weighted by molar-refractivity contribution is 0.229. The van der Waals surface area contributed by atoms with Gasteiger partial charge in [0.05, 0.1) is 4.88 Å². The summed E-state index contributed by atoms with van der Waals surface area (Å²) in [6, 6.07) is 12.1. The van der Waals surface area contributed by atoms with Gasteiger partial charge < -0.3 is 10.1 Å². The average Bonchev–Trinajstić information content (AvgIpc) is 3.05. The molecular formula is C16H14N4OS2. The van der Waals surface area contributed by atoms with E-state index in [4.69, 9.17) is 4.74 Å². The number of hydrogen-bond acceptors (Lipinski definition) is 7. The topological polar surface area (TPSA) is 59.9 Å². The van der Waals surface area contributed by atoms with Crippen molar-refractivity contribution in [3.05, 3.63) is 46.7 Å². The highest BCUT2D eigenvalue weighted by Gasteiger charge is 2.26. The minimum Gasteiger partial charge on any atom is -0.447 e. The largest absolute Gasteiger partial charge is 0.447 e. The molecule has 116 valence electrons. The maximum absolute atomic E-state index is 6.14. The lowest BCUT2D eigenvalue weighted by atomic mass is 10.1. The van der Waals surface area contributed by atoms with Gasteiger partial charge in [-0.15, -0.1) is 21.5 Å². The number of aromatic nitrogens is 3. The van der Waals surface area contributed by atoms with Crippen LogP contribution in [0.15, 0.2) is 46.9 Å². The third-order valence-corrected chi connectivity index (χ3v) is 5.04. The van der Waals surface area contributed by atoms with Gasteiger partial charge >= 0.3 is 0 Å².